The van der Waals surface area contributed by atoms with E-state index in [1.807, 2.05) is 0 Å². The lowest BCUT2D eigenvalue weighted by Crippen LogP contribution is -2.34. The molecule has 0 radical (unpaired) electrons. The number of halogens is 2. The van der Waals surface area contributed by atoms with Gasteiger partial charge in [0.05, 0.1) is 6.54 Å². The zero-order valence-corrected chi connectivity index (χ0v) is 10.2. The van der Waals surface area contributed by atoms with E-state index in [4.69, 9.17) is 0 Å². The molecule has 1 aromatic rings. The highest BCUT2D eigenvalue weighted by atomic mass is 19.2. The molecule has 94 valence electrons. The van der Waals surface area contributed by atoms with Crippen LogP contribution in [0.15, 0.2) is 18.2 Å². The highest BCUT2D eigenvalue weighted by Gasteiger charge is 2.12. The van der Waals surface area contributed by atoms with Crippen molar-refractivity contribution in [3.63, 3.8) is 0 Å². The Morgan fingerprint density at radius 2 is 1.88 bits per heavy atom. The van der Waals surface area contributed by atoms with E-state index >= 15 is 0 Å². The fourth-order valence-corrected chi connectivity index (χ4v) is 1.39. The third-order valence-electron chi connectivity index (χ3n) is 2.38. The second-order valence-electron chi connectivity index (χ2n) is 4.17. The Morgan fingerprint density at radius 1 is 1.24 bits per heavy atom. The van der Waals surface area contributed by atoms with E-state index in [0.717, 1.165) is 6.07 Å². The molecule has 0 aliphatic heterocycles. The van der Waals surface area contributed by atoms with Gasteiger partial charge in [-0.2, -0.15) is 0 Å². The van der Waals surface area contributed by atoms with Crippen molar-refractivity contribution in [3.05, 3.63) is 35.4 Å². The molecule has 1 rings (SSSR count). The number of carbonyl (C=O) groups excluding carboxylic acids is 1. The van der Waals surface area contributed by atoms with Gasteiger partial charge in [0, 0.05) is 26.2 Å². The third kappa shape index (κ3) is 3.78. The van der Waals surface area contributed by atoms with Crippen LogP contribution >= 0.6 is 0 Å². The van der Waals surface area contributed by atoms with Crippen molar-refractivity contribution in [3.8, 4) is 0 Å². The van der Waals surface area contributed by atoms with Gasteiger partial charge < -0.3 is 4.90 Å². The van der Waals surface area contributed by atoms with Crippen LogP contribution in [0.4, 0.5) is 8.78 Å². The molecule has 3 nitrogen and oxygen atoms in total. The highest BCUT2D eigenvalue weighted by Crippen LogP contribution is 2.12. The van der Waals surface area contributed by atoms with Crippen molar-refractivity contribution in [1.82, 2.24) is 9.80 Å². The summed E-state index contributed by atoms with van der Waals surface area (Å²) in [6.07, 6.45) is 0. The number of amides is 1. The number of hydrogen-bond donors (Lipinski definition) is 0. The molecule has 0 N–H and O–H groups in total. The molecule has 5 heteroatoms. The van der Waals surface area contributed by atoms with Gasteiger partial charge in [0.15, 0.2) is 11.6 Å². The van der Waals surface area contributed by atoms with Crippen LogP contribution in [0, 0.1) is 11.6 Å². The van der Waals surface area contributed by atoms with Gasteiger partial charge >= 0.3 is 0 Å². The Morgan fingerprint density at radius 3 is 2.47 bits per heavy atom. The summed E-state index contributed by atoms with van der Waals surface area (Å²) in [7, 11) is 4.99. The minimum Gasteiger partial charge on any atom is -0.348 e. The second kappa shape index (κ2) is 5.72. The average molecular weight is 242 g/mol. The summed E-state index contributed by atoms with van der Waals surface area (Å²) < 4.78 is 26.3. The predicted octanol–water partition coefficient (Wildman–Crippen LogP) is 1.48. The van der Waals surface area contributed by atoms with Crippen LogP contribution in [0.2, 0.25) is 0 Å². The van der Waals surface area contributed by atoms with E-state index in [1.165, 1.54) is 17.0 Å². The van der Waals surface area contributed by atoms with E-state index in [1.54, 1.807) is 26.0 Å². The molecule has 1 amide bonds. The van der Waals surface area contributed by atoms with Gasteiger partial charge in [-0.1, -0.05) is 12.1 Å². The number of hydrogen-bond acceptors (Lipinski definition) is 2. The lowest BCUT2D eigenvalue weighted by molar-refractivity contribution is -0.129. The molecule has 0 aliphatic carbocycles. The maximum atomic E-state index is 13.4. The van der Waals surface area contributed by atoms with Gasteiger partial charge in [-0.3, -0.25) is 9.69 Å². The maximum Gasteiger partial charge on any atom is 0.236 e. The molecule has 0 saturated heterocycles. The molecule has 1 aromatic carbocycles. The first-order chi connectivity index (χ1) is 7.91. The van der Waals surface area contributed by atoms with Crippen LogP contribution in [0.5, 0.6) is 0 Å². The summed E-state index contributed by atoms with van der Waals surface area (Å²) in [5.41, 5.74) is 0.249. The number of benzene rings is 1. The molecule has 0 heterocycles. The van der Waals surface area contributed by atoms with Crippen molar-refractivity contribution < 1.29 is 13.6 Å². The Balaban J connectivity index is 2.65. The average Bonchev–Trinajstić information content (AvgIpc) is 2.24. The first kappa shape index (κ1) is 13.6. The Bertz CT molecular complexity index is 407. The molecule has 0 bridgehead atoms. The van der Waals surface area contributed by atoms with Crippen LogP contribution in [-0.4, -0.2) is 43.4 Å². The normalized spacial score (nSPS) is 10.7. The molecule has 0 atom stereocenters. The summed E-state index contributed by atoms with van der Waals surface area (Å²) in [6, 6.07) is 4.04. The lowest BCUT2D eigenvalue weighted by Gasteiger charge is -2.19. The van der Waals surface area contributed by atoms with Gasteiger partial charge in [0.2, 0.25) is 5.91 Å². The molecule has 0 aromatic heterocycles. The summed E-state index contributed by atoms with van der Waals surface area (Å²) in [6.45, 7) is 0.367. The van der Waals surface area contributed by atoms with E-state index in [9.17, 15) is 13.6 Å². The molecule has 0 saturated carbocycles. The summed E-state index contributed by atoms with van der Waals surface area (Å²) in [5.74, 6) is -1.80. The summed E-state index contributed by atoms with van der Waals surface area (Å²) in [5, 5.41) is 0. The molecule has 0 fully saturated rings. The maximum absolute atomic E-state index is 13.4. The van der Waals surface area contributed by atoms with Crippen molar-refractivity contribution >= 4 is 5.91 Å². The first-order valence-corrected chi connectivity index (χ1v) is 5.23. The Kier molecular flexibility index (Phi) is 4.57. The highest BCUT2D eigenvalue weighted by molar-refractivity contribution is 5.77. The number of likely N-dealkylation sites (N-methyl/N-ethyl adjacent to an activating group) is 2. The van der Waals surface area contributed by atoms with Gasteiger partial charge in [-0.25, -0.2) is 8.78 Å². The fraction of sp³-hybridized carbons (Fsp3) is 0.417. The first-order valence-electron chi connectivity index (χ1n) is 5.23. The van der Waals surface area contributed by atoms with Crippen LogP contribution in [0.25, 0.3) is 0 Å². The van der Waals surface area contributed by atoms with E-state index in [0.29, 0.717) is 0 Å². The van der Waals surface area contributed by atoms with Crippen LogP contribution in [0.3, 0.4) is 0 Å². The summed E-state index contributed by atoms with van der Waals surface area (Å²) >= 11 is 0. The second-order valence-corrected chi connectivity index (χ2v) is 4.17. The van der Waals surface area contributed by atoms with E-state index in [2.05, 4.69) is 0 Å². The van der Waals surface area contributed by atoms with Crippen molar-refractivity contribution in [1.29, 1.82) is 0 Å². The Hall–Kier alpha value is -1.49. The quantitative estimate of drug-likeness (QED) is 0.798. The largest absolute Gasteiger partial charge is 0.348 e. The molecule has 0 unspecified atom stereocenters. The van der Waals surface area contributed by atoms with Crippen LogP contribution in [-0.2, 0) is 11.3 Å². The predicted molar refractivity (Wildman–Crippen MR) is 61.4 cm³/mol. The lowest BCUT2D eigenvalue weighted by atomic mass is 10.2. The van der Waals surface area contributed by atoms with Gasteiger partial charge in [-0.15, -0.1) is 0 Å². The van der Waals surface area contributed by atoms with Crippen molar-refractivity contribution in [2.45, 2.75) is 6.54 Å². The van der Waals surface area contributed by atoms with E-state index < -0.39 is 11.6 Å². The van der Waals surface area contributed by atoms with Crippen LogP contribution in [0.1, 0.15) is 5.56 Å². The van der Waals surface area contributed by atoms with E-state index in [-0.39, 0.29) is 24.6 Å². The standard InChI is InChI=1S/C12H16F2N2O/c1-15(2)11(17)8-16(3)7-9-5-4-6-10(13)12(9)14/h4-6H,7-8H2,1-3H3. The van der Waals surface area contributed by atoms with Gasteiger partial charge in [-0.05, 0) is 13.1 Å². The number of nitrogens with zero attached hydrogens (tertiary/aromatic N) is 2. The molecular weight excluding hydrogens is 226 g/mol. The fourth-order valence-electron chi connectivity index (χ4n) is 1.39. The molecule has 17 heavy (non-hydrogen) atoms. The topological polar surface area (TPSA) is 23.6 Å². The SMILES string of the molecule is CN(CC(=O)N(C)C)Cc1cccc(F)c1F. The number of rotatable bonds is 4. The summed E-state index contributed by atoms with van der Waals surface area (Å²) in [4.78, 5) is 14.5. The monoisotopic (exact) mass is 242 g/mol. The molecular formula is C12H16F2N2O. The van der Waals surface area contributed by atoms with Crippen molar-refractivity contribution in [2.24, 2.45) is 0 Å². The zero-order chi connectivity index (χ0) is 13.0. The van der Waals surface area contributed by atoms with Crippen LogP contribution < -0.4 is 0 Å². The number of carbonyl (C=O) groups is 1. The van der Waals surface area contributed by atoms with Gasteiger partial charge in [0.1, 0.15) is 0 Å². The van der Waals surface area contributed by atoms with Crippen molar-refractivity contribution in [2.75, 3.05) is 27.7 Å². The minimum atomic E-state index is -0.866. The Labute approximate surface area is 99.6 Å². The zero-order valence-electron chi connectivity index (χ0n) is 10.2. The third-order valence-corrected chi connectivity index (χ3v) is 2.38. The smallest absolute Gasteiger partial charge is 0.236 e. The molecule has 0 spiro atoms. The van der Waals surface area contributed by atoms with Gasteiger partial charge in [0.25, 0.3) is 0 Å². The minimum absolute atomic E-state index is 0.0793. The molecule has 0 aliphatic rings.